The predicted molar refractivity (Wildman–Crippen MR) is 83.4 cm³/mol. The zero-order valence-electron chi connectivity index (χ0n) is 9.45. The third kappa shape index (κ3) is 3.37. The fourth-order valence-electron chi connectivity index (χ4n) is 1.33. The summed E-state index contributed by atoms with van der Waals surface area (Å²) >= 11 is 8.36. The molecule has 0 radical (unpaired) electrons. The lowest BCUT2D eigenvalue weighted by molar-refractivity contribution is 0.984. The molecule has 0 amide bonds. The maximum absolute atomic E-state index is 5.73. The lowest BCUT2D eigenvalue weighted by Crippen LogP contribution is -2.00. The van der Waals surface area contributed by atoms with Crippen LogP contribution in [-0.2, 0) is 0 Å². The lowest BCUT2D eigenvalue weighted by Gasteiger charge is -2.09. The molecule has 2 rings (SSSR count). The van der Waals surface area contributed by atoms with E-state index in [4.69, 9.17) is 5.73 Å². The van der Waals surface area contributed by atoms with E-state index >= 15 is 0 Å². The summed E-state index contributed by atoms with van der Waals surface area (Å²) in [5.74, 6) is 1.12. The number of nitrogen functional groups attached to an aromatic ring is 1. The van der Waals surface area contributed by atoms with Crippen LogP contribution < -0.4 is 11.1 Å². The van der Waals surface area contributed by atoms with Crippen LogP contribution in [0.15, 0.2) is 38.4 Å². The molecular weight excluding hydrogens is 380 g/mol. The second kappa shape index (κ2) is 5.90. The largest absolute Gasteiger partial charge is 0.383 e. The van der Waals surface area contributed by atoms with E-state index in [0.717, 1.165) is 14.6 Å². The number of rotatable bonds is 3. The van der Waals surface area contributed by atoms with E-state index in [0.29, 0.717) is 16.8 Å². The fraction of sp³-hybridized carbons (Fsp3) is 0.0909. The van der Waals surface area contributed by atoms with E-state index in [1.807, 2.05) is 24.5 Å². The van der Waals surface area contributed by atoms with Crippen LogP contribution >= 0.6 is 43.6 Å². The topological polar surface area (TPSA) is 63.8 Å². The molecule has 18 heavy (non-hydrogen) atoms. The van der Waals surface area contributed by atoms with Crippen LogP contribution in [0.4, 0.5) is 17.3 Å². The molecular formula is C11H10Br2N4S. The first kappa shape index (κ1) is 13.6. The van der Waals surface area contributed by atoms with Crippen LogP contribution in [0, 0.1) is 0 Å². The molecule has 4 nitrogen and oxygen atoms in total. The summed E-state index contributed by atoms with van der Waals surface area (Å²) in [4.78, 5) is 8.45. The summed E-state index contributed by atoms with van der Waals surface area (Å²) < 4.78 is 1.94. The van der Waals surface area contributed by atoms with Crippen LogP contribution in [-0.4, -0.2) is 16.2 Å². The minimum absolute atomic E-state index is 0.447. The van der Waals surface area contributed by atoms with E-state index in [9.17, 15) is 0 Å². The first-order valence-electron chi connectivity index (χ1n) is 4.99. The van der Waals surface area contributed by atoms with Gasteiger partial charge in [0, 0.05) is 15.0 Å². The number of hydrogen-bond donors (Lipinski definition) is 2. The quantitative estimate of drug-likeness (QED) is 0.612. The molecule has 0 aliphatic heterocycles. The molecule has 94 valence electrons. The van der Waals surface area contributed by atoms with E-state index < -0.39 is 0 Å². The van der Waals surface area contributed by atoms with Gasteiger partial charge in [0.25, 0.3) is 0 Å². The number of hydrogen-bond acceptors (Lipinski definition) is 5. The maximum atomic E-state index is 5.73. The Hall–Kier alpha value is -0.790. The van der Waals surface area contributed by atoms with Gasteiger partial charge in [0.15, 0.2) is 5.16 Å². The van der Waals surface area contributed by atoms with Gasteiger partial charge < -0.3 is 11.1 Å². The van der Waals surface area contributed by atoms with Crippen molar-refractivity contribution in [3.63, 3.8) is 0 Å². The summed E-state index contributed by atoms with van der Waals surface area (Å²) in [6.07, 6.45) is 1.91. The molecule has 0 spiro atoms. The van der Waals surface area contributed by atoms with Gasteiger partial charge in [0.1, 0.15) is 11.6 Å². The summed E-state index contributed by atoms with van der Waals surface area (Å²) in [5.41, 5.74) is 6.64. The Bertz CT molecular complexity index is 577. The maximum Gasteiger partial charge on any atom is 0.191 e. The normalized spacial score (nSPS) is 10.4. The van der Waals surface area contributed by atoms with Gasteiger partial charge in [-0.3, -0.25) is 0 Å². The molecule has 0 unspecified atom stereocenters. The van der Waals surface area contributed by atoms with Crippen LogP contribution in [0.3, 0.4) is 0 Å². The molecule has 0 saturated heterocycles. The number of thioether (sulfide) groups is 1. The summed E-state index contributed by atoms with van der Waals surface area (Å²) in [6, 6.07) is 7.57. The number of halogens is 2. The van der Waals surface area contributed by atoms with Gasteiger partial charge in [-0.05, 0) is 40.4 Å². The first-order chi connectivity index (χ1) is 8.58. The molecule has 1 heterocycles. The average molecular weight is 390 g/mol. The van der Waals surface area contributed by atoms with Crippen molar-refractivity contribution in [3.05, 3.63) is 33.2 Å². The number of anilines is 3. The van der Waals surface area contributed by atoms with Crippen molar-refractivity contribution >= 4 is 60.9 Å². The standard InChI is InChI=1S/C11H10Br2N4S/c1-18-11-16-9(14)5-10(17-11)15-8-4-6(12)2-3-7(8)13/h2-5H,1H3,(H3,14,15,16,17). The van der Waals surface area contributed by atoms with Crippen molar-refractivity contribution in [3.8, 4) is 0 Å². The van der Waals surface area contributed by atoms with E-state index in [2.05, 4.69) is 47.1 Å². The van der Waals surface area contributed by atoms with Crippen LogP contribution in [0.25, 0.3) is 0 Å². The smallest absolute Gasteiger partial charge is 0.191 e. The molecule has 0 bridgehead atoms. The summed E-state index contributed by atoms with van der Waals surface area (Å²) in [7, 11) is 0. The zero-order valence-corrected chi connectivity index (χ0v) is 13.4. The number of nitrogens with two attached hydrogens (primary N) is 1. The Balaban J connectivity index is 2.33. The molecule has 0 aliphatic rings. The van der Waals surface area contributed by atoms with Crippen molar-refractivity contribution in [2.75, 3.05) is 17.3 Å². The lowest BCUT2D eigenvalue weighted by atomic mass is 10.3. The highest BCUT2D eigenvalue weighted by Gasteiger charge is 2.05. The molecule has 0 atom stereocenters. The number of nitrogens with one attached hydrogen (secondary N) is 1. The van der Waals surface area contributed by atoms with Gasteiger partial charge in [-0.2, -0.15) is 0 Å². The van der Waals surface area contributed by atoms with Gasteiger partial charge in [-0.25, -0.2) is 9.97 Å². The number of aromatic nitrogens is 2. The van der Waals surface area contributed by atoms with Crippen LogP contribution in [0.2, 0.25) is 0 Å². The Labute approximate surface area is 126 Å². The molecule has 1 aromatic heterocycles. The fourth-order valence-corrected chi connectivity index (χ4v) is 2.42. The highest BCUT2D eigenvalue weighted by atomic mass is 79.9. The van der Waals surface area contributed by atoms with Crippen LogP contribution in [0.1, 0.15) is 0 Å². The van der Waals surface area contributed by atoms with E-state index in [1.54, 1.807) is 6.07 Å². The SMILES string of the molecule is CSc1nc(N)cc(Nc2cc(Br)ccc2Br)n1. The second-order valence-corrected chi connectivity index (χ2v) is 5.96. The molecule has 2 aromatic rings. The van der Waals surface area contributed by atoms with Crippen molar-refractivity contribution in [2.24, 2.45) is 0 Å². The van der Waals surface area contributed by atoms with Gasteiger partial charge in [0.05, 0.1) is 5.69 Å². The van der Waals surface area contributed by atoms with Gasteiger partial charge in [0.2, 0.25) is 0 Å². The average Bonchev–Trinajstić information content (AvgIpc) is 2.33. The second-order valence-electron chi connectivity index (χ2n) is 3.41. The van der Waals surface area contributed by atoms with E-state index in [-0.39, 0.29) is 0 Å². The Morgan fingerprint density at radius 1 is 1.22 bits per heavy atom. The van der Waals surface area contributed by atoms with Gasteiger partial charge in [-0.1, -0.05) is 27.7 Å². The number of benzene rings is 1. The Kier molecular flexibility index (Phi) is 4.47. The monoisotopic (exact) mass is 388 g/mol. The minimum Gasteiger partial charge on any atom is -0.383 e. The predicted octanol–water partition coefficient (Wildman–Crippen LogP) is 4.05. The highest BCUT2D eigenvalue weighted by Crippen LogP contribution is 2.29. The zero-order chi connectivity index (χ0) is 13.1. The molecule has 1 aromatic carbocycles. The van der Waals surface area contributed by atoms with E-state index in [1.165, 1.54) is 11.8 Å². The third-order valence-corrected chi connectivity index (χ3v) is 3.83. The molecule has 0 saturated carbocycles. The number of nitrogens with zero attached hydrogens (tertiary/aromatic N) is 2. The van der Waals surface area contributed by atoms with Crippen molar-refractivity contribution < 1.29 is 0 Å². The minimum atomic E-state index is 0.447. The summed E-state index contributed by atoms with van der Waals surface area (Å²) in [6.45, 7) is 0. The first-order valence-corrected chi connectivity index (χ1v) is 7.80. The Morgan fingerprint density at radius 2 is 2.00 bits per heavy atom. The van der Waals surface area contributed by atoms with Gasteiger partial charge >= 0.3 is 0 Å². The van der Waals surface area contributed by atoms with Crippen molar-refractivity contribution in [2.45, 2.75) is 5.16 Å². The van der Waals surface area contributed by atoms with Crippen molar-refractivity contribution in [1.82, 2.24) is 9.97 Å². The Morgan fingerprint density at radius 3 is 2.72 bits per heavy atom. The summed E-state index contributed by atoms with van der Waals surface area (Å²) in [5, 5.41) is 3.85. The van der Waals surface area contributed by atoms with Gasteiger partial charge in [-0.15, -0.1) is 0 Å². The molecule has 3 N–H and O–H groups in total. The highest BCUT2D eigenvalue weighted by molar-refractivity contribution is 9.11. The molecule has 0 fully saturated rings. The molecule has 0 aliphatic carbocycles. The van der Waals surface area contributed by atoms with Crippen LogP contribution in [0.5, 0.6) is 0 Å². The van der Waals surface area contributed by atoms with Crippen molar-refractivity contribution in [1.29, 1.82) is 0 Å². The third-order valence-electron chi connectivity index (χ3n) is 2.10. The molecule has 7 heteroatoms.